The zero-order valence-corrected chi connectivity index (χ0v) is 13.9. The molecule has 1 aliphatic heterocycles. The number of halogens is 1. The van der Waals surface area contributed by atoms with Gasteiger partial charge < -0.3 is 14.8 Å². The lowest BCUT2D eigenvalue weighted by Gasteiger charge is -2.19. The Balaban J connectivity index is 1.73. The normalized spacial score (nSPS) is 13.3. The van der Waals surface area contributed by atoms with Gasteiger partial charge in [-0.3, -0.25) is 0 Å². The molecule has 0 saturated carbocycles. The van der Waals surface area contributed by atoms with Crippen molar-refractivity contribution in [2.45, 2.75) is 10.1 Å². The lowest BCUT2D eigenvalue weighted by atomic mass is 10.2. The molecule has 0 amide bonds. The first-order valence-corrected chi connectivity index (χ1v) is 8.58. The number of nitrogens with zero attached hydrogens (tertiary/aromatic N) is 2. The SMILES string of the molecule is CNc1nnc(SCc2cc3c(cc2Br)OCCO3)s1. The van der Waals surface area contributed by atoms with Crippen molar-refractivity contribution in [1.82, 2.24) is 10.2 Å². The Labute approximate surface area is 133 Å². The van der Waals surface area contributed by atoms with Gasteiger partial charge >= 0.3 is 0 Å². The van der Waals surface area contributed by atoms with Crippen LogP contribution in [-0.4, -0.2) is 30.5 Å². The lowest BCUT2D eigenvalue weighted by Crippen LogP contribution is -2.15. The summed E-state index contributed by atoms with van der Waals surface area (Å²) in [4.78, 5) is 0. The average Bonchev–Trinajstić information content (AvgIpc) is 2.93. The van der Waals surface area contributed by atoms with Crippen molar-refractivity contribution in [3.05, 3.63) is 22.2 Å². The van der Waals surface area contributed by atoms with Gasteiger partial charge in [0, 0.05) is 17.3 Å². The number of benzene rings is 1. The van der Waals surface area contributed by atoms with Gasteiger partial charge in [0.2, 0.25) is 5.13 Å². The van der Waals surface area contributed by atoms with E-state index in [2.05, 4.69) is 31.4 Å². The number of rotatable bonds is 4. The molecule has 0 bridgehead atoms. The molecule has 0 atom stereocenters. The molecular formula is C12H12BrN3O2S2. The minimum Gasteiger partial charge on any atom is -0.486 e. The van der Waals surface area contributed by atoms with Crippen LogP contribution >= 0.6 is 39.0 Å². The summed E-state index contributed by atoms with van der Waals surface area (Å²) in [5, 5.41) is 11.9. The molecule has 2 heterocycles. The van der Waals surface area contributed by atoms with Gasteiger partial charge in [-0.05, 0) is 17.7 Å². The summed E-state index contributed by atoms with van der Waals surface area (Å²) >= 11 is 6.77. The molecule has 0 aliphatic carbocycles. The molecule has 1 aromatic carbocycles. The maximum absolute atomic E-state index is 5.60. The Kier molecular flexibility index (Phi) is 4.32. The van der Waals surface area contributed by atoms with E-state index in [4.69, 9.17) is 9.47 Å². The molecule has 106 valence electrons. The third-order valence-electron chi connectivity index (χ3n) is 2.68. The van der Waals surface area contributed by atoms with Gasteiger partial charge in [0.25, 0.3) is 0 Å². The molecule has 0 spiro atoms. The van der Waals surface area contributed by atoms with Crippen molar-refractivity contribution in [3.8, 4) is 11.5 Å². The Hall–Kier alpha value is -0.990. The summed E-state index contributed by atoms with van der Waals surface area (Å²) in [7, 11) is 1.84. The van der Waals surface area contributed by atoms with Crippen molar-refractivity contribution in [1.29, 1.82) is 0 Å². The highest BCUT2D eigenvalue weighted by Gasteiger charge is 2.15. The van der Waals surface area contributed by atoms with Crippen LogP contribution in [0.15, 0.2) is 20.9 Å². The van der Waals surface area contributed by atoms with Crippen LogP contribution in [0.2, 0.25) is 0 Å². The van der Waals surface area contributed by atoms with Gasteiger partial charge in [0.1, 0.15) is 13.2 Å². The monoisotopic (exact) mass is 373 g/mol. The summed E-state index contributed by atoms with van der Waals surface area (Å²) in [5.74, 6) is 2.41. The van der Waals surface area contributed by atoms with E-state index < -0.39 is 0 Å². The second-order valence-electron chi connectivity index (χ2n) is 4.00. The van der Waals surface area contributed by atoms with E-state index in [9.17, 15) is 0 Å². The van der Waals surface area contributed by atoms with Crippen LogP contribution in [0.3, 0.4) is 0 Å². The van der Waals surface area contributed by atoms with E-state index in [1.54, 1.807) is 23.1 Å². The predicted molar refractivity (Wildman–Crippen MR) is 84.1 cm³/mol. The Bertz CT molecular complexity index is 621. The average molecular weight is 374 g/mol. The van der Waals surface area contributed by atoms with E-state index in [-0.39, 0.29) is 0 Å². The summed E-state index contributed by atoms with van der Waals surface area (Å²) in [5.41, 5.74) is 1.15. The second kappa shape index (κ2) is 6.19. The van der Waals surface area contributed by atoms with Crippen molar-refractivity contribution >= 4 is 44.2 Å². The largest absolute Gasteiger partial charge is 0.486 e. The molecule has 1 aromatic heterocycles. The number of fused-ring (bicyclic) bond motifs is 1. The Morgan fingerprint density at radius 3 is 2.75 bits per heavy atom. The van der Waals surface area contributed by atoms with Gasteiger partial charge in [-0.15, -0.1) is 10.2 Å². The van der Waals surface area contributed by atoms with Crippen LogP contribution in [0, 0.1) is 0 Å². The summed E-state index contributed by atoms with van der Waals surface area (Å²) in [6, 6.07) is 3.98. The molecule has 2 aromatic rings. The summed E-state index contributed by atoms with van der Waals surface area (Å²) in [6.07, 6.45) is 0. The number of thioether (sulfide) groups is 1. The number of aromatic nitrogens is 2. The molecular weight excluding hydrogens is 362 g/mol. The van der Waals surface area contributed by atoms with Gasteiger partial charge in [-0.1, -0.05) is 39.0 Å². The van der Waals surface area contributed by atoms with E-state index in [1.165, 1.54) is 0 Å². The molecule has 0 fully saturated rings. The predicted octanol–water partition coefficient (Wildman–Crippen LogP) is 3.41. The fourth-order valence-corrected chi connectivity index (χ4v) is 4.07. The number of nitrogens with one attached hydrogen (secondary N) is 1. The molecule has 3 rings (SSSR count). The number of ether oxygens (including phenoxy) is 2. The van der Waals surface area contributed by atoms with Crippen LogP contribution in [0.25, 0.3) is 0 Å². The van der Waals surface area contributed by atoms with Crippen molar-refractivity contribution in [3.63, 3.8) is 0 Å². The van der Waals surface area contributed by atoms with Crippen molar-refractivity contribution < 1.29 is 9.47 Å². The van der Waals surface area contributed by atoms with E-state index in [1.807, 2.05) is 19.2 Å². The summed E-state index contributed by atoms with van der Waals surface area (Å²) in [6.45, 7) is 1.20. The number of hydrogen-bond donors (Lipinski definition) is 1. The highest BCUT2D eigenvalue weighted by molar-refractivity contribution is 9.10. The maximum Gasteiger partial charge on any atom is 0.206 e. The fourth-order valence-electron chi connectivity index (χ4n) is 1.73. The van der Waals surface area contributed by atoms with Gasteiger partial charge in [-0.2, -0.15) is 0 Å². The first kappa shape index (κ1) is 14.0. The number of anilines is 1. The summed E-state index contributed by atoms with van der Waals surface area (Å²) < 4.78 is 13.1. The quantitative estimate of drug-likeness (QED) is 0.828. The van der Waals surface area contributed by atoms with Crippen LogP contribution in [0.1, 0.15) is 5.56 Å². The topological polar surface area (TPSA) is 56.3 Å². The number of hydrogen-bond acceptors (Lipinski definition) is 7. The van der Waals surface area contributed by atoms with Crippen molar-refractivity contribution in [2.24, 2.45) is 0 Å². The molecule has 1 N–H and O–H groups in total. The van der Waals surface area contributed by atoms with Crippen LogP contribution < -0.4 is 14.8 Å². The second-order valence-corrected chi connectivity index (χ2v) is 7.05. The molecule has 8 heteroatoms. The standard InChI is InChI=1S/C12H12BrN3O2S2/c1-14-11-15-16-12(20-11)19-6-7-4-9-10(5-8(7)13)18-3-2-17-9/h4-5H,2-3,6H2,1H3,(H,14,15). The lowest BCUT2D eigenvalue weighted by molar-refractivity contribution is 0.171. The fraction of sp³-hybridized carbons (Fsp3) is 0.333. The third-order valence-corrected chi connectivity index (χ3v) is 5.54. The van der Waals surface area contributed by atoms with Gasteiger partial charge in [0.15, 0.2) is 15.8 Å². The van der Waals surface area contributed by atoms with Gasteiger partial charge in [0.05, 0.1) is 0 Å². The van der Waals surface area contributed by atoms with Crippen LogP contribution in [0.5, 0.6) is 11.5 Å². The zero-order valence-electron chi connectivity index (χ0n) is 10.7. The minimum absolute atomic E-state index is 0.600. The third kappa shape index (κ3) is 3.02. The van der Waals surface area contributed by atoms with Crippen molar-refractivity contribution in [2.75, 3.05) is 25.6 Å². The highest BCUT2D eigenvalue weighted by atomic mass is 79.9. The molecule has 20 heavy (non-hydrogen) atoms. The maximum atomic E-state index is 5.60. The van der Waals surface area contributed by atoms with Gasteiger partial charge in [-0.25, -0.2) is 0 Å². The smallest absolute Gasteiger partial charge is 0.206 e. The van der Waals surface area contributed by atoms with E-state index in [0.717, 1.165) is 36.8 Å². The Morgan fingerprint density at radius 1 is 1.30 bits per heavy atom. The van der Waals surface area contributed by atoms with E-state index >= 15 is 0 Å². The molecule has 0 saturated heterocycles. The highest BCUT2D eigenvalue weighted by Crippen LogP contribution is 2.38. The Morgan fingerprint density at radius 2 is 2.05 bits per heavy atom. The molecule has 0 radical (unpaired) electrons. The zero-order chi connectivity index (χ0) is 13.9. The van der Waals surface area contributed by atoms with Crippen LogP contribution in [0.4, 0.5) is 5.13 Å². The minimum atomic E-state index is 0.600. The first-order chi connectivity index (χ1) is 9.76. The molecule has 5 nitrogen and oxygen atoms in total. The van der Waals surface area contributed by atoms with E-state index in [0.29, 0.717) is 13.2 Å². The molecule has 0 unspecified atom stereocenters. The molecule has 1 aliphatic rings. The van der Waals surface area contributed by atoms with Crippen LogP contribution in [-0.2, 0) is 5.75 Å². The first-order valence-electron chi connectivity index (χ1n) is 5.98.